The van der Waals surface area contributed by atoms with E-state index in [1.54, 1.807) is 41.3 Å². The number of imide groups is 1. The highest BCUT2D eigenvalue weighted by Crippen LogP contribution is 2.35. The Bertz CT molecular complexity index is 1140. The van der Waals surface area contributed by atoms with E-state index in [9.17, 15) is 19.5 Å². The Morgan fingerprint density at radius 1 is 1.09 bits per heavy atom. The summed E-state index contributed by atoms with van der Waals surface area (Å²) in [6.45, 7) is 1.02. The number of aromatic hydroxyl groups is 1. The van der Waals surface area contributed by atoms with Crippen molar-refractivity contribution in [2.45, 2.75) is 12.8 Å². The van der Waals surface area contributed by atoms with Gasteiger partial charge in [-0.15, -0.1) is 0 Å². The van der Waals surface area contributed by atoms with Gasteiger partial charge in [-0.05, 0) is 67.1 Å². The minimum Gasteiger partial charge on any atom is -0.507 e. The highest BCUT2D eigenvalue weighted by Gasteiger charge is 2.37. The van der Waals surface area contributed by atoms with E-state index in [1.165, 1.54) is 12.1 Å². The van der Waals surface area contributed by atoms with Crippen molar-refractivity contribution in [3.63, 3.8) is 0 Å². The first kappa shape index (κ1) is 22.0. The number of halogens is 1. The molecule has 32 heavy (non-hydrogen) atoms. The number of benzene rings is 2. The summed E-state index contributed by atoms with van der Waals surface area (Å²) in [7, 11) is 0. The standard InChI is InChI=1S/C22H19ClN4O4S/c23-15-4-3-5-16(12-15)24-25-17-6-7-18(28)14(10-17)11-19-21(30)27(22(31)32-19)13-20(29)26-8-1-2-9-26/h3-7,10-12,28H,1-2,8-9,13H2/b19-11-,25-24?. The minimum atomic E-state index is -0.557. The van der Waals surface area contributed by atoms with E-state index < -0.39 is 11.1 Å². The number of rotatable bonds is 5. The number of hydrogen-bond donors (Lipinski definition) is 1. The molecule has 2 aromatic carbocycles. The zero-order valence-corrected chi connectivity index (χ0v) is 18.5. The molecule has 0 aliphatic carbocycles. The van der Waals surface area contributed by atoms with Crippen LogP contribution < -0.4 is 0 Å². The fraction of sp³-hybridized carbons (Fsp3) is 0.227. The molecular formula is C22H19ClN4O4S. The summed E-state index contributed by atoms with van der Waals surface area (Å²) < 4.78 is 0. The second kappa shape index (κ2) is 9.54. The maximum atomic E-state index is 12.7. The highest BCUT2D eigenvalue weighted by molar-refractivity contribution is 8.18. The first-order chi connectivity index (χ1) is 15.4. The summed E-state index contributed by atoms with van der Waals surface area (Å²) >= 11 is 6.68. The highest BCUT2D eigenvalue weighted by atomic mass is 35.5. The van der Waals surface area contributed by atoms with Gasteiger partial charge in [-0.25, -0.2) is 0 Å². The predicted molar refractivity (Wildman–Crippen MR) is 122 cm³/mol. The average Bonchev–Trinajstić information content (AvgIpc) is 3.39. The number of azo groups is 1. The topological polar surface area (TPSA) is 103 Å². The molecule has 0 radical (unpaired) electrons. The lowest BCUT2D eigenvalue weighted by atomic mass is 10.1. The molecule has 2 saturated heterocycles. The van der Waals surface area contributed by atoms with E-state index in [1.807, 2.05) is 0 Å². The lowest BCUT2D eigenvalue weighted by molar-refractivity contribution is -0.135. The molecule has 2 aliphatic rings. The summed E-state index contributed by atoms with van der Waals surface area (Å²) in [6.07, 6.45) is 3.27. The van der Waals surface area contributed by atoms with Gasteiger partial charge in [0.25, 0.3) is 11.1 Å². The van der Waals surface area contributed by atoms with Crippen LogP contribution in [0.1, 0.15) is 18.4 Å². The van der Waals surface area contributed by atoms with Crippen molar-refractivity contribution >= 4 is 57.9 Å². The molecule has 164 valence electrons. The first-order valence-corrected chi connectivity index (χ1v) is 11.1. The van der Waals surface area contributed by atoms with E-state index in [4.69, 9.17) is 11.6 Å². The third-order valence-corrected chi connectivity index (χ3v) is 6.16. The van der Waals surface area contributed by atoms with Gasteiger partial charge >= 0.3 is 0 Å². The van der Waals surface area contributed by atoms with E-state index in [-0.39, 0.29) is 23.1 Å². The van der Waals surface area contributed by atoms with Crippen molar-refractivity contribution in [3.05, 3.63) is 58.0 Å². The largest absolute Gasteiger partial charge is 0.507 e. The number of nitrogens with zero attached hydrogens (tertiary/aromatic N) is 4. The van der Waals surface area contributed by atoms with Crippen molar-refractivity contribution in [1.82, 2.24) is 9.80 Å². The van der Waals surface area contributed by atoms with Crippen molar-refractivity contribution in [2.75, 3.05) is 19.6 Å². The third-order valence-electron chi connectivity index (χ3n) is 5.01. The molecular weight excluding hydrogens is 452 g/mol. The lowest BCUT2D eigenvalue weighted by Gasteiger charge is -2.18. The molecule has 2 heterocycles. The van der Waals surface area contributed by atoms with Gasteiger partial charge in [0.15, 0.2) is 0 Å². The van der Waals surface area contributed by atoms with Crippen LogP contribution in [0.15, 0.2) is 57.6 Å². The molecule has 1 N–H and O–H groups in total. The number of phenolic OH excluding ortho intramolecular Hbond substituents is 1. The molecule has 2 aromatic rings. The fourth-order valence-corrected chi connectivity index (χ4v) is 4.37. The van der Waals surface area contributed by atoms with Crippen LogP contribution in [-0.2, 0) is 9.59 Å². The van der Waals surface area contributed by atoms with Gasteiger partial charge < -0.3 is 10.0 Å². The van der Waals surface area contributed by atoms with Crippen LogP contribution in [0.4, 0.5) is 16.2 Å². The number of phenols is 1. The minimum absolute atomic E-state index is 0.0772. The zero-order valence-electron chi connectivity index (χ0n) is 16.9. The first-order valence-electron chi connectivity index (χ1n) is 9.94. The number of amides is 3. The summed E-state index contributed by atoms with van der Waals surface area (Å²) in [4.78, 5) is 40.1. The van der Waals surface area contributed by atoms with E-state index in [2.05, 4.69) is 10.2 Å². The summed E-state index contributed by atoms with van der Waals surface area (Å²) in [5.74, 6) is -0.873. The molecule has 10 heteroatoms. The van der Waals surface area contributed by atoms with Gasteiger partial charge in [0, 0.05) is 23.7 Å². The predicted octanol–water partition coefficient (Wildman–Crippen LogP) is 5.12. The molecule has 4 rings (SSSR count). The van der Waals surface area contributed by atoms with Crippen molar-refractivity contribution in [2.24, 2.45) is 10.2 Å². The van der Waals surface area contributed by atoms with Gasteiger partial charge in [0.05, 0.1) is 16.3 Å². The Morgan fingerprint density at radius 3 is 2.53 bits per heavy atom. The van der Waals surface area contributed by atoms with Gasteiger partial charge in [0.2, 0.25) is 5.91 Å². The molecule has 2 aliphatic heterocycles. The maximum Gasteiger partial charge on any atom is 0.294 e. The van der Waals surface area contributed by atoms with Crippen LogP contribution in [0.2, 0.25) is 5.02 Å². The van der Waals surface area contributed by atoms with E-state index in [0.29, 0.717) is 35.1 Å². The molecule has 0 bridgehead atoms. The van der Waals surface area contributed by atoms with Crippen LogP contribution in [0, 0.1) is 0 Å². The average molecular weight is 471 g/mol. The molecule has 0 atom stereocenters. The molecule has 8 nitrogen and oxygen atoms in total. The Morgan fingerprint density at radius 2 is 1.81 bits per heavy atom. The monoisotopic (exact) mass is 470 g/mol. The molecule has 0 saturated carbocycles. The Kier molecular flexibility index (Phi) is 6.57. The smallest absolute Gasteiger partial charge is 0.294 e. The fourth-order valence-electron chi connectivity index (χ4n) is 3.35. The molecule has 2 fully saturated rings. The van der Waals surface area contributed by atoms with Crippen molar-refractivity contribution < 1.29 is 19.5 Å². The van der Waals surface area contributed by atoms with E-state index in [0.717, 1.165) is 29.5 Å². The summed E-state index contributed by atoms with van der Waals surface area (Å²) in [5, 5.41) is 18.5. The van der Waals surface area contributed by atoms with Gasteiger partial charge in [0.1, 0.15) is 12.3 Å². The SMILES string of the molecule is O=C(CN1C(=O)S/C(=C\c2cc(N=Nc3cccc(Cl)c3)ccc2O)C1=O)N1CCCC1. The number of carbonyl (C=O) groups excluding carboxylic acids is 3. The van der Waals surface area contributed by atoms with E-state index >= 15 is 0 Å². The number of hydrogen-bond acceptors (Lipinski definition) is 7. The van der Waals surface area contributed by atoms with Crippen LogP contribution in [0.5, 0.6) is 5.75 Å². The van der Waals surface area contributed by atoms with Crippen LogP contribution in [-0.4, -0.2) is 51.6 Å². The van der Waals surface area contributed by atoms with Gasteiger partial charge in [-0.3, -0.25) is 19.3 Å². The van der Waals surface area contributed by atoms with Crippen LogP contribution in [0.25, 0.3) is 6.08 Å². The molecule has 0 aromatic heterocycles. The maximum absolute atomic E-state index is 12.7. The molecule has 0 unspecified atom stereocenters. The Hall–Kier alpha value is -3.17. The third kappa shape index (κ3) is 5.00. The number of likely N-dealkylation sites (tertiary alicyclic amines) is 1. The summed E-state index contributed by atoms with van der Waals surface area (Å²) in [6, 6.07) is 11.4. The van der Waals surface area contributed by atoms with Gasteiger partial charge in [-0.1, -0.05) is 17.7 Å². The Labute approximate surface area is 193 Å². The van der Waals surface area contributed by atoms with Crippen LogP contribution in [0.3, 0.4) is 0 Å². The number of thioether (sulfide) groups is 1. The van der Waals surface area contributed by atoms with Crippen molar-refractivity contribution in [3.8, 4) is 5.75 Å². The van der Waals surface area contributed by atoms with Crippen LogP contribution >= 0.6 is 23.4 Å². The molecule has 3 amide bonds. The normalized spacial score (nSPS) is 17.8. The zero-order chi connectivity index (χ0) is 22.7. The van der Waals surface area contributed by atoms with Gasteiger partial charge in [-0.2, -0.15) is 10.2 Å². The second-order valence-corrected chi connectivity index (χ2v) is 8.71. The quantitative estimate of drug-likeness (QED) is 0.482. The Balaban J connectivity index is 1.51. The lowest BCUT2D eigenvalue weighted by Crippen LogP contribution is -2.40. The van der Waals surface area contributed by atoms with Crippen molar-refractivity contribution in [1.29, 1.82) is 0 Å². The number of carbonyl (C=O) groups is 3. The second-order valence-electron chi connectivity index (χ2n) is 7.28. The summed E-state index contributed by atoms with van der Waals surface area (Å²) in [5.41, 5.74) is 1.32. The molecule has 0 spiro atoms.